The summed E-state index contributed by atoms with van der Waals surface area (Å²) in [4.78, 5) is 11.4. The molecule has 1 aliphatic rings. The van der Waals surface area contributed by atoms with E-state index < -0.39 is 0 Å². The third kappa shape index (κ3) is 2.12. The van der Waals surface area contributed by atoms with Crippen LogP contribution in [0.1, 0.15) is 6.42 Å². The zero-order valence-corrected chi connectivity index (χ0v) is 7.90. The van der Waals surface area contributed by atoms with E-state index in [0.717, 1.165) is 18.7 Å². The van der Waals surface area contributed by atoms with Crippen molar-refractivity contribution in [2.24, 2.45) is 0 Å². The van der Waals surface area contributed by atoms with E-state index in [-0.39, 0.29) is 11.9 Å². The maximum absolute atomic E-state index is 11.4. The predicted molar refractivity (Wildman–Crippen MR) is 53.4 cm³/mol. The molecular formula is C11H13NO2. The first-order valence-corrected chi connectivity index (χ1v) is 4.81. The number of ether oxygens (including phenoxy) is 1. The van der Waals surface area contributed by atoms with Gasteiger partial charge < -0.3 is 10.1 Å². The van der Waals surface area contributed by atoms with Crippen molar-refractivity contribution in [1.82, 2.24) is 5.32 Å². The summed E-state index contributed by atoms with van der Waals surface area (Å²) in [5.74, 6) is 0.910. The van der Waals surface area contributed by atoms with Crippen molar-refractivity contribution in [1.29, 1.82) is 0 Å². The molecule has 0 aliphatic carbocycles. The zero-order valence-electron chi connectivity index (χ0n) is 7.90. The lowest BCUT2D eigenvalue weighted by Crippen LogP contribution is -2.43. The van der Waals surface area contributed by atoms with Crippen LogP contribution in [0.15, 0.2) is 30.3 Å². The average molecular weight is 191 g/mol. The van der Waals surface area contributed by atoms with Gasteiger partial charge in [0.25, 0.3) is 0 Å². The summed E-state index contributed by atoms with van der Waals surface area (Å²) in [5, 5.41) is 3.02. The van der Waals surface area contributed by atoms with E-state index in [1.807, 2.05) is 30.3 Å². The molecule has 0 aromatic heterocycles. The first-order chi connectivity index (χ1) is 6.86. The van der Waals surface area contributed by atoms with E-state index in [4.69, 9.17) is 4.74 Å². The number of rotatable bonds is 2. The molecule has 3 heteroatoms. The maximum Gasteiger partial charge on any atom is 0.187 e. The smallest absolute Gasteiger partial charge is 0.187 e. The van der Waals surface area contributed by atoms with E-state index in [2.05, 4.69) is 5.32 Å². The highest BCUT2D eigenvalue weighted by Crippen LogP contribution is 2.13. The van der Waals surface area contributed by atoms with Gasteiger partial charge in [-0.15, -0.1) is 0 Å². The van der Waals surface area contributed by atoms with Crippen LogP contribution < -0.4 is 10.1 Å². The van der Waals surface area contributed by atoms with E-state index in [0.29, 0.717) is 6.54 Å². The molecule has 0 radical (unpaired) electrons. The number of ketones is 1. The minimum Gasteiger partial charge on any atom is -0.483 e. The van der Waals surface area contributed by atoms with Gasteiger partial charge >= 0.3 is 0 Å². The second-order valence-electron chi connectivity index (χ2n) is 3.35. The minimum absolute atomic E-state index is 0.139. The van der Waals surface area contributed by atoms with Crippen molar-refractivity contribution < 1.29 is 9.53 Å². The SMILES string of the molecule is O=C1CNCCC1Oc1ccccc1. The van der Waals surface area contributed by atoms with Crippen molar-refractivity contribution in [3.05, 3.63) is 30.3 Å². The van der Waals surface area contributed by atoms with Crippen LogP contribution in [0, 0.1) is 0 Å². The van der Waals surface area contributed by atoms with Gasteiger partial charge in [0.15, 0.2) is 11.9 Å². The Kier molecular flexibility index (Phi) is 2.79. The fraction of sp³-hybridized carbons (Fsp3) is 0.364. The van der Waals surface area contributed by atoms with Gasteiger partial charge in [0, 0.05) is 6.42 Å². The lowest BCUT2D eigenvalue weighted by atomic mass is 10.1. The first kappa shape index (κ1) is 9.21. The quantitative estimate of drug-likeness (QED) is 0.757. The van der Waals surface area contributed by atoms with Crippen molar-refractivity contribution in [2.45, 2.75) is 12.5 Å². The number of benzene rings is 1. The Morgan fingerprint density at radius 2 is 2.07 bits per heavy atom. The minimum atomic E-state index is -0.265. The van der Waals surface area contributed by atoms with E-state index in [1.54, 1.807) is 0 Å². The molecular weight excluding hydrogens is 178 g/mol. The summed E-state index contributed by atoms with van der Waals surface area (Å²) in [5.41, 5.74) is 0. The molecule has 1 N–H and O–H groups in total. The van der Waals surface area contributed by atoms with Gasteiger partial charge in [-0.3, -0.25) is 4.79 Å². The van der Waals surface area contributed by atoms with Crippen LogP contribution in [0.25, 0.3) is 0 Å². The third-order valence-electron chi connectivity index (χ3n) is 2.26. The summed E-state index contributed by atoms with van der Waals surface area (Å²) >= 11 is 0. The highest BCUT2D eigenvalue weighted by molar-refractivity contribution is 5.86. The largest absolute Gasteiger partial charge is 0.483 e. The van der Waals surface area contributed by atoms with Crippen molar-refractivity contribution >= 4 is 5.78 Å². The first-order valence-electron chi connectivity index (χ1n) is 4.81. The van der Waals surface area contributed by atoms with E-state index >= 15 is 0 Å². The number of hydrogen-bond acceptors (Lipinski definition) is 3. The molecule has 74 valence electrons. The lowest BCUT2D eigenvalue weighted by Gasteiger charge is -2.22. The standard InChI is InChI=1S/C11H13NO2/c13-10-8-12-7-6-11(10)14-9-4-2-1-3-5-9/h1-5,11-12H,6-8H2. The number of para-hydroxylation sites is 1. The van der Waals surface area contributed by atoms with Gasteiger partial charge in [-0.2, -0.15) is 0 Å². The monoisotopic (exact) mass is 191 g/mol. The van der Waals surface area contributed by atoms with Gasteiger partial charge in [-0.1, -0.05) is 18.2 Å². The van der Waals surface area contributed by atoms with Crippen LogP contribution in [-0.4, -0.2) is 25.0 Å². The van der Waals surface area contributed by atoms with Gasteiger partial charge in [0.2, 0.25) is 0 Å². The zero-order chi connectivity index (χ0) is 9.80. The van der Waals surface area contributed by atoms with Crippen LogP contribution in [0.2, 0.25) is 0 Å². The van der Waals surface area contributed by atoms with Gasteiger partial charge in [0.05, 0.1) is 6.54 Å². The summed E-state index contributed by atoms with van der Waals surface area (Å²) in [7, 11) is 0. The number of piperidine rings is 1. The number of carbonyl (C=O) groups is 1. The summed E-state index contributed by atoms with van der Waals surface area (Å²) < 4.78 is 5.58. The van der Waals surface area contributed by atoms with Crippen LogP contribution in [0.5, 0.6) is 5.75 Å². The Bertz CT molecular complexity index is 310. The molecule has 1 fully saturated rings. The highest BCUT2D eigenvalue weighted by Gasteiger charge is 2.23. The number of hydrogen-bond donors (Lipinski definition) is 1. The normalized spacial score (nSPS) is 22.0. The third-order valence-corrected chi connectivity index (χ3v) is 2.26. The molecule has 1 aromatic rings. The van der Waals surface area contributed by atoms with E-state index in [9.17, 15) is 4.79 Å². The molecule has 3 nitrogen and oxygen atoms in total. The van der Waals surface area contributed by atoms with E-state index in [1.165, 1.54) is 0 Å². The molecule has 0 bridgehead atoms. The predicted octanol–water partition coefficient (Wildman–Crippen LogP) is 0.996. The molecule has 2 rings (SSSR count). The number of carbonyl (C=O) groups excluding carboxylic acids is 1. The number of Topliss-reactive ketones (excluding diaryl/α,β-unsaturated/α-hetero) is 1. The summed E-state index contributed by atoms with van der Waals surface area (Å²) in [6, 6.07) is 9.48. The highest BCUT2D eigenvalue weighted by atomic mass is 16.5. The van der Waals surface area contributed by atoms with Crippen LogP contribution in [0.3, 0.4) is 0 Å². The molecule has 0 amide bonds. The molecule has 0 saturated carbocycles. The van der Waals surface area contributed by atoms with Crippen molar-refractivity contribution in [3.8, 4) is 5.75 Å². The Morgan fingerprint density at radius 3 is 2.79 bits per heavy atom. The molecule has 1 saturated heterocycles. The lowest BCUT2D eigenvalue weighted by molar-refractivity contribution is -0.126. The molecule has 1 unspecified atom stereocenters. The second-order valence-corrected chi connectivity index (χ2v) is 3.35. The van der Waals surface area contributed by atoms with Crippen LogP contribution >= 0.6 is 0 Å². The van der Waals surface area contributed by atoms with Crippen LogP contribution in [0.4, 0.5) is 0 Å². The molecule has 1 aliphatic heterocycles. The fourth-order valence-electron chi connectivity index (χ4n) is 1.51. The summed E-state index contributed by atoms with van der Waals surface area (Å²) in [6.07, 6.45) is 0.493. The van der Waals surface area contributed by atoms with Crippen LogP contribution in [-0.2, 0) is 4.79 Å². The Labute approximate surface area is 83.1 Å². The Hall–Kier alpha value is -1.35. The number of nitrogens with one attached hydrogen (secondary N) is 1. The van der Waals surface area contributed by atoms with Gasteiger partial charge in [0.1, 0.15) is 5.75 Å². The molecule has 14 heavy (non-hydrogen) atoms. The summed E-state index contributed by atoms with van der Waals surface area (Å²) in [6.45, 7) is 1.28. The Balaban J connectivity index is 2.00. The van der Waals surface area contributed by atoms with Crippen molar-refractivity contribution in [3.63, 3.8) is 0 Å². The molecule has 0 spiro atoms. The van der Waals surface area contributed by atoms with Gasteiger partial charge in [-0.25, -0.2) is 0 Å². The van der Waals surface area contributed by atoms with Gasteiger partial charge in [-0.05, 0) is 18.7 Å². The molecule has 1 atom stereocenters. The topological polar surface area (TPSA) is 38.3 Å². The fourth-order valence-corrected chi connectivity index (χ4v) is 1.51. The molecule has 1 heterocycles. The second kappa shape index (κ2) is 4.24. The molecule has 1 aromatic carbocycles. The Morgan fingerprint density at radius 1 is 1.29 bits per heavy atom. The van der Waals surface area contributed by atoms with Crippen molar-refractivity contribution in [2.75, 3.05) is 13.1 Å². The maximum atomic E-state index is 11.4. The average Bonchev–Trinajstić information content (AvgIpc) is 2.23.